The van der Waals surface area contributed by atoms with Gasteiger partial charge >= 0.3 is 47.8 Å². The third-order valence-corrected chi connectivity index (χ3v) is 12.8. The van der Waals surface area contributed by atoms with E-state index in [1.165, 1.54) is 48.5 Å². The Kier molecular flexibility index (Phi) is 20.8. The average Bonchev–Trinajstić information content (AvgIpc) is 3.39. The number of hydrogen-bond acceptors (Lipinski definition) is 20. The number of fused-ring (bicyclic) bond motifs is 8. The van der Waals surface area contributed by atoms with Crippen molar-refractivity contribution in [1.82, 2.24) is 0 Å². The van der Waals surface area contributed by atoms with Crippen LogP contribution < -0.4 is 0 Å². The standard InChI is InChI=1S/C56H64O20/c1-9-73-53(65)41(49(61)69-5)21-29-13-33-25-35-15-30(22-42(50(62)70-6)54(66)74-10-2)17-37(46(35)58)27-39-19-32(24-44(52(64)72-8)56(68)76-12-4)20-40(48(39)60)28-38-18-31(23-43(51(63)71-7)55(67)75-11-3)16-36(47(38)59)26-34(14-29)45(33)57/h13-20,41-44,57-60H,9-12,21-28H2,1-8H3. The number of ether oxygens (including phenoxy) is 8. The predicted octanol–water partition coefficient (Wildman–Crippen LogP) is 4.76. The van der Waals surface area contributed by atoms with E-state index in [4.69, 9.17) is 37.9 Å². The molecule has 408 valence electrons. The Labute approximate surface area is 439 Å². The van der Waals surface area contributed by atoms with Crippen LogP contribution in [0.5, 0.6) is 23.0 Å². The highest BCUT2D eigenvalue weighted by Gasteiger charge is 2.35. The average molecular weight is 1060 g/mol. The first-order valence-corrected chi connectivity index (χ1v) is 24.6. The number of carbonyl (C=O) groups excluding carboxylic acids is 8. The second-order valence-electron chi connectivity index (χ2n) is 17.9. The Morgan fingerprint density at radius 2 is 0.487 bits per heavy atom. The lowest BCUT2D eigenvalue weighted by Crippen LogP contribution is -2.29. The molecule has 4 atom stereocenters. The molecule has 0 saturated heterocycles. The summed E-state index contributed by atoms with van der Waals surface area (Å²) in [7, 11) is 4.43. The highest BCUT2D eigenvalue weighted by molar-refractivity contribution is 5.97. The van der Waals surface area contributed by atoms with Gasteiger partial charge in [0.25, 0.3) is 0 Å². The highest BCUT2D eigenvalue weighted by Crippen LogP contribution is 2.40. The van der Waals surface area contributed by atoms with E-state index in [0.29, 0.717) is 22.3 Å². The molecule has 20 nitrogen and oxygen atoms in total. The number of phenols is 4. The summed E-state index contributed by atoms with van der Waals surface area (Å²) in [6.07, 6.45) is -2.38. The Bertz CT molecular complexity index is 2370. The predicted molar refractivity (Wildman–Crippen MR) is 267 cm³/mol. The third kappa shape index (κ3) is 14.2. The Balaban J connectivity index is 1.89. The SMILES string of the molecule is CCOC(=O)C(Cc1cc2c(O)c(c1)Cc1cc(CC(C(=O)OC)C(=O)OCC)cc(c1O)Cc1cc(CC(C(=O)OC)C(=O)OCC)cc(c1O)Cc1cc(CC(C(=O)OC)C(=O)OCC)cc(c1O)C2)C(=O)OC. The van der Waals surface area contributed by atoms with Crippen molar-refractivity contribution in [3.8, 4) is 23.0 Å². The number of rotatable bonds is 20. The second kappa shape index (κ2) is 26.9. The van der Waals surface area contributed by atoms with Crippen LogP contribution in [0.25, 0.3) is 0 Å². The van der Waals surface area contributed by atoms with Gasteiger partial charge in [0.2, 0.25) is 0 Å². The van der Waals surface area contributed by atoms with Gasteiger partial charge in [-0.15, -0.1) is 0 Å². The third-order valence-electron chi connectivity index (χ3n) is 12.8. The van der Waals surface area contributed by atoms with Crippen LogP contribution in [-0.4, -0.2) is 123 Å². The Hall–Kier alpha value is -8.16. The fourth-order valence-electron chi connectivity index (χ4n) is 9.23. The van der Waals surface area contributed by atoms with Gasteiger partial charge in [-0.2, -0.15) is 0 Å². The van der Waals surface area contributed by atoms with E-state index in [2.05, 4.69) is 0 Å². The molecular weight excluding hydrogens is 993 g/mol. The van der Waals surface area contributed by atoms with E-state index >= 15 is 0 Å². The van der Waals surface area contributed by atoms with Crippen molar-refractivity contribution in [1.29, 1.82) is 0 Å². The van der Waals surface area contributed by atoms with Crippen LogP contribution in [0, 0.1) is 23.7 Å². The molecule has 0 heterocycles. The zero-order chi connectivity index (χ0) is 56.0. The summed E-state index contributed by atoms with van der Waals surface area (Å²) in [6.45, 7) is 6.03. The van der Waals surface area contributed by atoms with Gasteiger partial charge in [-0.25, -0.2) is 0 Å². The molecule has 4 aromatic carbocycles. The summed E-state index contributed by atoms with van der Waals surface area (Å²) in [5.74, 6) is -14.4. The number of phenolic OH excluding ortho intramolecular Hbond substituents is 4. The Morgan fingerprint density at radius 3 is 0.618 bits per heavy atom. The lowest BCUT2D eigenvalue weighted by atomic mass is 9.85. The molecule has 1 aliphatic rings. The fourth-order valence-corrected chi connectivity index (χ4v) is 9.23. The molecule has 0 amide bonds. The minimum atomic E-state index is -1.47. The number of esters is 8. The molecule has 0 spiro atoms. The molecule has 0 saturated carbocycles. The first-order valence-electron chi connectivity index (χ1n) is 24.6. The van der Waals surface area contributed by atoms with Crippen molar-refractivity contribution in [2.24, 2.45) is 23.7 Å². The Morgan fingerprint density at radius 1 is 0.329 bits per heavy atom. The maximum atomic E-state index is 13.2. The van der Waals surface area contributed by atoms with Gasteiger partial charge in [-0.3, -0.25) is 38.4 Å². The first-order chi connectivity index (χ1) is 36.2. The number of benzene rings is 4. The maximum Gasteiger partial charge on any atom is 0.320 e. The summed E-state index contributed by atoms with van der Waals surface area (Å²) in [5, 5.41) is 49.2. The highest BCUT2D eigenvalue weighted by atomic mass is 16.6. The van der Waals surface area contributed by atoms with Gasteiger partial charge < -0.3 is 58.3 Å². The van der Waals surface area contributed by atoms with Gasteiger partial charge in [-0.05, 0) is 120 Å². The van der Waals surface area contributed by atoms with Gasteiger partial charge in [0, 0.05) is 25.7 Å². The molecule has 0 aliphatic heterocycles. The minimum absolute atomic E-state index is 0.0569. The molecule has 0 radical (unpaired) electrons. The van der Waals surface area contributed by atoms with Crippen molar-refractivity contribution < 1.29 is 96.7 Å². The zero-order valence-corrected chi connectivity index (χ0v) is 43.7. The van der Waals surface area contributed by atoms with E-state index in [9.17, 15) is 58.8 Å². The monoisotopic (exact) mass is 1060 g/mol. The molecule has 0 fully saturated rings. The molecule has 0 aromatic heterocycles. The van der Waals surface area contributed by atoms with E-state index in [1.807, 2.05) is 0 Å². The van der Waals surface area contributed by atoms with Crippen molar-refractivity contribution in [3.05, 3.63) is 115 Å². The lowest BCUT2D eigenvalue weighted by molar-refractivity contribution is -0.161. The van der Waals surface area contributed by atoms with Crippen LogP contribution in [0.1, 0.15) is 94.5 Å². The summed E-state index contributed by atoms with van der Waals surface area (Å²) in [5.41, 5.74) is 2.26. The number of hydrogen-bond donors (Lipinski definition) is 4. The van der Waals surface area contributed by atoms with Gasteiger partial charge in [0.1, 0.15) is 23.0 Å². The molecule has 4 aromatic rings. The van der Waals surface area contributed by atoms with Crippen LogP contribution in [0.2, 0.25) is 0 Å². The molecular formula is C56H64O20. The van der Waals surface area contributed by atoms with Crippen LogP contribution in [0.15, 0.2) is 48.5 Å². The molecule has 1 aliphatic carbocycles. The van der Waals surface area contributed by atoms with Crippen LogP contribution in [0.3, 0.4) is 0 Å². The van der Waals surface area contributed by atoms with Crippen molar-refractivity contribution in [3.63, 3.8) is 0 Å². The number of aromatic hydroxyl groups is 4. The molecule has 5 rings (SSSR count). The molecule has 20 heteroatoms. The summed E-state index contributed by atoms with van der Waals surface area (Å²) >= 11 is 0. The largest absolute Gasteiger partial charge is 0.507 e. The lowest BCUT2D eigenvalue weighted by Gasteiger charge is -2.22. The molecule has 76 heavy (non-hydrogen) atoms. The van der Waals surface area contributed by atoms with Gasteiger partial charge in [-0.1, -0.05) is 48.5 Å². The summed E-state index contributed by atoms with van der Waals surface area (Å²) < 4.78 is 40.8. The fraction of sp³-hybridized carbons (Fsp3) is 0.429. The molecule has 4 unspecified atom stereocenters. The van der Waals surface area contributed by atoms with Crippen molar-refractivity contribution >= 4 is 47.8 Å². The van der Waals surface area contributed by atoms with Crippen LogP contribution in [0.4, 0.5) is 0 Å². The number of carbonyl (C=O) groups is 8. The van der Waals surface area contributed by atoms with Crippen molar-refractivity contribution in [2.75, 3.05) is 54.9 Å². The second-order valence-corrected chi connectivity index (χ2v) is 17.9. The first kappa shape index (κ1) is 58.7. The van der Waals surface area contributed by atoms with E-state index < -0.39 is 71.4 Å². The number of methoxy groups -OCH3 is 4. The van der Waals surface area contributed by atoms with Gasteiger partial charge in [0.05, 0.1) is 54.9 Å². The van der Waals surface area contributed by atoms with Crippen LogP contribution in [-0.2, 0) is 128 Å². The quantitative estimate of drug-likeness (QED) is 0.0464. The molecule has 4 N–H and O–H groups in total. The van der Waals surface area contributed by atoms with Crippen LogP contribution >= 0.6 is 0 Å². The normalized spacial score (nSPS) is 13.4. The van der Waals surface area contributed by atoms with E-state index in [0.717, 1.165) is 28.4 Å². The van der Waals surface area contributed by atoms with Crippen molar-refractivity contribution in [2.45, 2.75) is 79.1 Å². The van der Waals surface area contributed by atoms with E-state index in [-0.39, 0.29) is 145 Å². The maximum absolute atomic E-state index is 13.2. The van der Waals surface area contributed by atoms with Gasteiger partial charge in [0.15, 0.2) is 23.7 Å². The molecule has 8 bridgehead atoms. The zero-order valence-electron chi connectivity index (χ0n) is 43.7. The topological polar surface area (TPSA) is 291 Å². The summed E-state index contributed by atoms with van der Waals surface area (Å²) in [4.78, 5) is 105. The smallest absolute Gasteiger partial charge is 0.320 e. The minimum Gasteiger partial charge on any atom is -0.507 e. The van der Waals surface area contributed by atoms with E-state index in [1.54, 1.807) is 27.7 Å². The summed E-state index contributed by atoms with van der Waals surface area (Å²) in [6, 6.07) is 12.0.